The summed E-state index contributed by atoms with van der Waals surface area (Å²) >= 11 is 0. The number of nitrogens with zero attached hydrogens (tertiary/aromatic N) is 2. The molecule has 0 spiro atoms. The standard InChI is InChI=1S/C16H23FN4/c1-10(2)14(9-21(3)4)20-16-12(17)8-13(18)11-6-5-7-19-15(11)16/h5-8,10,14,20H,9,18H2,1-4H3. The number of rotatable bonds is 5. The zero-order valence-electron chi connectivity index (χ0n) is 13.0. The van der Waals surface area contributed by atoms with Crippen molar-refractivity contribution in [2.24, 2.45) is 5.92 Å². The molecule has 0 aliphatic heterocycles. The highest BCUT2D eigenvalue weighted by Gasteiger charge is 2.19. The molecular formula is C16H23FN4. The summed E-state index contributed by atoms with van der Waals surface area (Å²) in [5, 5.41) is 4.09. The van der Waals surface area contributed by atoms with Gasteiger partial charge in [0.25, 0.3) is 0 Å². The third kappa shape index (κ3) is 3.42. The van der Waals surface area contributed by atoms with E-state index in [1.807, 2.05) is 20.2 Å². The van der Waals surface area contributed by atoms with Crippen LogP contribution in [0.25, 0.3) is 10.9 Å². The molecule has 0 bridgehead atoms. The first-order valence-electron chi connectivity index (χ1n) is 7.14. The van der Waals surface area contributed by atoms with E-state index in [-0.39, 0.29) is 11.9 Å². The van der Waals surface area contributed by atoms with Gasteiger partial charge in [-0.1, -0.05) is 13.8 Å². The minimum Gasteiger partial charge on any atom is -0.398 e. The summed E-state index contributed by atoms with van der Waals surface area (Å²) in [4.78, 5) is 6.38. The number of halogens is 1. The van der Waals surface area contributed by atoms with Crippen molar-refractivity contribution in [3.63, 3.8) is 0 Å². The number of nitrogens with one attached hydrogen (secondary N) is 1. The van der Waals surface area contributed by atoms with Gasteiger partial charge in [0.2, 0.25) is 0 Å². The van der Waals surface area contributed by atoms with E-state index in [1.54, 1.807) is 12.3 Å². The Labute approximate surface area is 125 Å². The maximum Gasteiger partial charge on any atom is 0.150 e. The van der Waals surface area contributed by atoms with Gasteiger partial charge in [-0.15, -0.1) is 0 Å². The summed E-state index contributed by atoms with van der Waals surface area (Å²) in [6.07, 6.45) is 1.66. The number of benzene rings is 1. The zero-order chi connectivity index (χ0) is 15.6. The van der Waals surface area contributed by atoms with Gasteiger partial charge in [-0.3, -0.25) is 4.98 Å². The van der Waals surface area contributed by atoms with E-state index >= 15 is 0 Å². The monoisotopic (exact) mass is 290 g/mol. The van der Waals surface area contributed by atoms with Crippen molar-refractivity contribution in [1.29, 1.82) is 0 Å². The quantitative estimate of drug-likeness (QED) is 0.831. The maximum atomic E-state index is 14.3. The molecule has 1 heterocycles. The van der Waals surface area contributed by atoms with E-state index in [1.165, 1.54) is 6.07 Å². The van der Waals surface area contributed by atoms with Crippen LogP contribution in [0.3, 0.4) is 0 Å². The van der Waals surface area contributed by atoms with Crippen molar-refractivity contribution < 1.29 is 4.39 Å². The molecular weight excluding hydrogens is 267 g/mol. The Balaban J connectivity index is 2.45. The van der Waals surface area contributed by atoms with Crippen LogP contribution in [0.5, 0.6) is 0 Å². The van der Waals surface area contributed by atoms with E-state index in [4.69, 9.17) is 5.73 Å². The summed E-state index contributed by atoms with van der Waals surface area (Å²) in [7, 11) is 4.01. The van der Waals surface area contributed by atoms with E-state index < -0.39 is 0 Å². The normalized spacial score (nSPS) is 13.1. The Morgan fingerprint density at radius 2 is 2.10 bits per heavy atom. The van der Waals surface area contributed by atoms with Crippen LogP contribution in [0, 0.1) is 11.7 Å². The third-order valence-corrected chi connectivity index (χ3v) is 3.57. The molecule has 0 saturated carbocycles. The largest absolute Gasteiger partial charge is 0.398 e. The SMILES string of the molecule is CC(C)C(CN(C)C)Nc1c(F)cc(N)c2cccnc12. The lowest BCUT2D eigenvalue weighted by molar-refractivity contribution is 0.344. The summed E-state index contributed by atoms with van der Waals surface area (Å²) < 4.78 is 14.3. The van der Waals surface area contributed by atoms with Gasteiger partial charge in [-0.2, -0.15) is 0 Å². The van der Waals surface area contributed by atoms with Crippen molar-refractivity contribution in [3.05, 3.63) is 30.2 Å². The molecule has 3 N–H and O–H groups in total. The van der Waals surface area contributed by atoms with Gasteiger partial charge < -0.3 is 16.0 Å². The molecule has 0 amide bonds. The zero-order valence-corrected chi connectivity index (χ0v) is 13.0. The van der Waals surface area contributed by atoms with Gasteiger partial charge in [0.15, 0.2) is 5.82 Å². The molecule has 4 nitrogen and oxygen atoms in total. The summed E-state index contributed by atoms with van der Waals surface area (Å²) in [6, 6.07) is 5.15. The first kappa shape index (κ1) is 15.5. The Morgan fingerprint density at radius 1 is 1.38 bits per heavy atom. The molecule has 1 atom stereocenters. The van der Waals surface area contributed by atoms with Gasteiger partial charge >= 0.3 is 0 Å². The first-order chi connectivity index (χ1) is 9.90. The lowest BCUT2D eigenvalue weighted by atomic mass is 10.0. The Bertz CT molecular complexity index is 625. The molecule has 2 rings (SSSR count). The number of nitrogen functional groups attached to an aromatic ring is 1. The summed E-state index contributed by atoms with van der Waals surface area (Å²) in [5.41, 5.74) is 7.31. The van der Waals surface area contributed by atoms with Gasteiger partial charge in [0.1, 0.15) is 0 Å². The summed E-state index contributed by atoms with van der Waals surface area (Å²) in [6.45, 7) is 5.05. The van der Waals surface area contributed by atoms with Crippen molar-refractivity contribution in [2.75, 3.05) is 31.7 Å². The molecule has 0 aliphatic carbocycles. The predicted molar refractivity (Wildman–Crippen MR) is 86.9 cm³/mol. The first-order valence-corrected chi connectivity index (χ1v) is 7.14. The molecule has 1 aromatic heterocycles. The smallest absolute Gasteiger partial charge is 0.150 e. The fraction of sp³-hybridized carbons (Fsp3) is 0.438. The number of anilines is 2. The summed E-state index contributed by atoms with van der Waals surface area (Å²) in [5.74, 6) is 0.00576. The van der Waals surface area contributed by atoms with Crippen LogP contribution in [-0.2, 0) is 0 Å². The molecule has 0 fully saturated rings. The second-order valence-electron chi connectivity index (χ2n) is 5.98. The van der Waals surface area contributed by atoms with E-state index in [9.17, 15) is 4.39 Å². The second-order valence-corrected chi connectivity index (χ2v) is 5.98. The molecule has 21 heavy (non-hydrogen) atoms. The van der Waals surface area contributed by atoms with Crippen molar-refractivity contribution in [2.45, 2.75) is 19.9 Å². The van der Waals surface area contributed by atoms with E-state index in [2.05, 4.69) is 29.0 Å². The van der Waals surface area contributed by atoms with Crippen molar-refractivity contribution >= 4 is 22.3 Å². The fourth-order valence-electron chi connectivity index (χ4n) is 2.38. The highest BCUT2D eigenvalue weighted by Crippen LogP contribution is 2.30. The van der Waals surface area contributed by atoms with E-state index in [0.29, 0.717) is 22.8 Å². The number of hydrogen-bond donors (Lipinski definition) is 2. The Kier molecular flexibility index (Phi) is 4.63. The number of nitrogens with two attached hydrogens (primary N) is 1. The van der Waals surface area contributed by atoms with Crippen LogP contribution < -0.4 is 11.1 Å². The van der Waals surface area contributed by atoms with Gasteiger partial charge in [0, 0.05) is 29.9 Å². The minimum absolute atomic E-state index is 0.128. The van der Waals surface area contributed by atoms with Crippen LogP contribution >= 0.6 is 0 Å². The van der Waals surface area contributed by atoms with Gasteiger partial charge in [-0.05, 0) is 38.2 Å². The van der Waals surface area contributed by atoms with Crippen LogP contribution in [0.15, 0.2) is 24.4 Å². The lowest BCUT2D eigenvalue weighted by Crippen LogP contribution is -2.36. The van der Waals surface area contributed by atoms with Crippen LogP contribution in [-0.4, -0.2) is 36.6 Å². The van der Waals surface area contributed by atoms with Crippen molar-refractivity contribution in [3.8, 4) is 0 Å². The van der Waals surface area contributed by atoms with Crippen LogP contribution in [0.1, 0.15) is 13.8 Å². The average Bonchev–Trinajstić information content (AvgIpc) is 2.41. The van der Waals surface area contributed by atoms with Gasteiger partial charge in [0.05, 0.1) is 11.2 Å². The second kappa shape index (κ2) is 6.26. The van der Waals surface area contributed by atoms with Crippen molar-refractivity contribution in [1.82, 2.24) is 9.88 Å². The number of aromatic nitrogens is 1. The van der Waals surface area contributed by atoms with Crippen LogP contribution in [0.4, 0.5) is 15.8 Å². The topological polar surface area (TPSA) is 54.2 Å². The molecule has 0 radical (unpaired) electrons. The number of fused-ring (bicyclic) bond motifs is 1. The maximum absolute atomic E-state index is 14.3. The lowest BCUT2D eigenvalue weighted by Gasteiger charge is -2.27. The highest BCUT2D eigenvalue weighted by molar-refractivity contribution is 5.98. The van der Waals surface area contributed by atoms with Crippen LogP contribution in [0.2, 0.25) is 0 Å². The average molecular weight is 290 g/mol. The highest BCUT2D eigenvalue weighted by atomic mass is 19.1. The Morgan fingerprint density at radius 3 is 2.71 bits per heavy atom. The molecule has 0 aliphatic rings. The number of likely N-dealkylation sites (N-methyl/N-ethyl adjacent to an activating group) is 1. The number of hydrogen-bond acceptors (Lipinski definition) is 4. The Hall–Kier alpha value is -1.88. The molecule has 0 saturated heterocycles. The van der Waals surface area contributed by atoms with Gasteiger partial charge in [-0.25, -0.2) is 4.39 Å². The molecule has 5 heteroatoms. The molecule has 1 unspecified atom stereocenters. The predicted octanol–water partition coefficient (Wildman–Crippen LogP) is 2.95. The minimum atomic E-state index is -0.358. The third-order valence-electron chi connectivity index (χ3n) is 3.57. The fourth-order valence-corrected chi connectivity index (χ4v) is 2.38. The molecule has 114 valence electrons. The molecule has 1 aromatic carbocycles. The van der Waals surface area contributed by atoms with E-state index in [0.717, 1.165) is 11.9 Å². The number of pyridine rings is 1. The molecule has 2 aromatic rings.